The molecule has 0 aliphatic carbocycles. The molecule has 2 aromatic rings. The van der Waals surface area contributed by atoms with Crippen molar-refractivity contribution >= 4 is 38.8 Å². The van der Waals surface area contributed by atoms with Crippen LogP contribution in [0.3, 0.4) is 0 Å². The number of ether oxygens (including phenoxy) is 1. The lowest BCUT2D eigenvalue weighted by Gasteiger charge is -2.23. The van der Waals surface area contributed by atoms with Gasteiger partial charge in [0.1, 0.15) is 6.10 Å². The van der Waals surface area contributed by atoms with Crippen LogP contribution < -0.4 is 9.62 Å². The van der Waals surface area contributed by atoms with Crippen LogP contribution in [0.5, 0.6) is 0 Å². The van der Waals surface area contributed by atoms with Crippen LogP contribution in [0.2, 0.25) is 0 Å². The molecule has 3 rings (SSSR count). The highest BCUT2D eigenvalue weighted by Crippen LogP contribution is 2.30. The number of nitrogens with one attached hydrogen (secondary N) is 1. The van der Waals surface area contributed by atoms with Crippen LogP contribution in [-0.2, 0) is 27.7 Å². The number of fused-ring (bicyclic) bond motifs is 1. The molecule has 6 nitrogen and oxygen atoms in total. The van der Waals surface area contributed by atoms with Gasteiger partial charge >= 0.3 is 6.09 Å². The molecule has 1 aliphatic rings. The average Bonchev–Trinajstić information content (AvgIpc) is 2.93. The van der Waals surface area contributed by atoms with Gasteiger partial charge in [-0.1, -0.05) is 6.07 Å². The lowest BCUT2D eigenvalue weighted by molar-refractivity contribution is 0.123. The van der Waals surface area contributed by atoms with Gasteiger partial charge in [0.2, 0.25) is 10.0 Å². The number of cyclic esters (lactones) is 1. The van der Waals surface area contributed by atoms with Crippen LogP contribution in [0.15, 0.2) is 35.7 Å². The van der Waals surface area contributed by atoms with Crippen molar-refractivity contribution in [2.75, 3.05) is 15.9 Å². The summed E-state index contributed by atoms with van der Waals surface area (Å²) < 4.78 is 31.0. The number of sulfonamides is 1. The third-order valence-corrected chi connectivity index (χ3v) is 5.71. The predicted molar refractivity (Wildman–Crippen MR) is 95.1 cm³/mol. The zero-order valence-electron chi connectivity index (χ0n) is 13.4. The van der Waals surface area contributed by atoms with Crippen LogP contribution in [0.25, 0.3) is 0 Å². The first-order chi connectivity index (χ1) is 11.3. The maximum Gasteiger partial charge on any atom is 0.411 e. The molecule has 24 heavy (non-hydrogen) atoms. The van der Waals surface area contributed by atoms with Crippen LogP contribution in [0.1, 0.15) is 17.4 Å². The number of carbonyl (C=O) groups is 1. The number of hydrogen-bond acceptors (Lipinski definition) is 5. The summed E-state index contributed by atoms with van der Waals surface area (Å²) in [6, 6.07) is 9.02. The molecule has 0 fully saturated rings. The first-order valence-corrected chi connectivity index (χ1v) is 10.2. The van der Waals surface area contributed by atoms with Gasteiger partial charge in [-0.3, -0.25) is 9.62 Å². The van der Waals surface area contributed by atoms with Gasteiger partial charge in [-0.25, -0.2) is 13.2 Å². The highest BCUT2D eigenvalue weighted by Gasteiger charge is 2.23. The Labute approximate surface area is 145 Å². The summed E-state index contributed by atoms with van der Waals surface area (Å²) in [5, 5.41) is 4.59. The largest absolute Gasteiger partial charge is 0.446 e. The lowest BCUT2D eigenvalue weighted by Crippen LogP contribution is -2.29. The summed E-state index contributed by atoms with van der Waals surface area (Å²) in [5.74, 6) is 0. The van der Waals surface area contributed by atoms with Gasteiger partial charge in [0.05, 0.1) is 18.5 Å². The molecule has 1 aromatic heterocycles. The molecular formula is C16H18N2O4S2. The Morgan fingerprint density at radius 2 is 2.17 bits per heavy atom. The second-order valence-electron chi connectivity index (χ2n) is 5.74. The minimum Gasteiger partial charge on any atom is -0.446 e. The minimum atomic E-state index is -3.43. The fraction of sp³-hybridized carbons (Fsp3) is 0.312. The molecule has 1 aromatic carbocycles. The molecule has 1 atom stereocenters. The number of thiophene rings is 1. The van der Waals surface area contributed by atoms with E-state index in [-0.39, 0.29) is 12.6 Å². The summed E-state index contributed by atoms with van der Waals surface area (Å²) in [4.78, 5) is 12.6. The van der Waals surface area contributed by atoms with E-state index in [2.05, 4.69) is 5.32 Å². The number of rotatable bonds is 4. The van der Waals surface area contributed by atoms with E-state index in [9.17, 15) is 13.2 Å². The fourth-order valence-corrected chi connectivity index (χ4v) is 4.29. The van der Waals surface area contributed by atoms with E-state index in [0.717, 1.165) is 10.4 Å². The van der Waals surface area contributed by atoms with E-state index >= 15 is 0 Å². The number of anilines is 2. The summed E-state index contributed by atoms with van der Waals surface area (Å²) >= 11 is 1.51. The van der Waals surface area contributed by atoms with Gasteiger partial charge in [0, 0.05) is 17.0 Å². The fourth-order valence-electron chi connectivity index (χ4n) is 2.64. The van der Waals surface area contributed by atoms with Crippen LogP contribution in [0, 0.1) is 0 Å². The Hall–Kier alpha value is -2.06. The van der Waals surface area contributed by atoms with Crippen molar-refractivity contribution in [2.24, 2.45) is 0 Å². The molecule has 128 valence electrons. The second kappa shape index (κ2) is 6.45. The molecule has 0 spiro atoms. The molecule has 0 bridgehead atoms. The van der Waals surface area contributed by atoms with E-state index in [0.29, 0.717) is 17.8 Å². The number of carbonyl (C=O) groups excluding carboxylic acids is 1. The van der Waals surface area contributed by atoms with Crippen LogP contribution in [0.4, 0.5) is 16.2 Å². The number of amides is 1. The third kappa shape index (κ3) is 3.70. The summed E-state index contributed by atoms with van der Waals surface area (Å²) in [6.45, 7) is 2.09. The van der Waals surface area contributed by atoms with Crippen molar-refractivity contribution in [3.8, 4) is 0 Å². The Bertz CT molecular complexity index is 847. The van der Waals surface area contributed by atoms with Crippen LogP contribution in [-0.4, -0.2) is 26.9 Å². The first-order valence-electron chi connectivity index (χ1n) is 7.43. The summed E-state index contributed by atoms with van der Waals surface area (Å²) in [7, 11) is -3.43. The summed E-state index contributed by atoms with van der Waals surface area (Å²) in [5.41, 5.74) is 2.08. The molecule has 8 heteroatoms. The van der Waals surface area contributed by atoms with Crippen molar-refractivity contribution in [3.05, 3.63) is 46.2 Å². The van der Waals surface area contributed by atoms with Gasteiger partial charge in [0.15, 0.2) is 0 Å². The van der Waals surface area contributed by atoms with Crippen molar-refractivity contribution in [2.45, 2.75) is 26.0 Å². The Kier molecular flexibility index (Phi) is 4.51. The van der Waals surface area contributed by atoms with E-state index in [1.165, 1.54) is 21.9 Å². The third-order valence-electron chi connectivity index (χ3n) is 3.71. The highest BCUT2D eigenvalue weighted by molar-refractivity contribution is 7.92. The number of hydrogen-bond donors (Lipinski definition) is 1. The smallest absolute Gasteiger partial charge is 0.411 e. The van der Waals surface area contributed by atoms with Gasteiger partial charge in [-0.05, 0) is 42.1 Å². The SMILES string of the molecule is CC1Cc2cc(N(Cc3cccs3)S(C)(=O)=O)ccc2NC(=O)O1. The van der Waals surface area contributed by atoms with Crippen molar-refractivity contribution < 1.29 is 17.9 Å². The first kappa shape index (κ1) is 16.8. The van der Waals surface area contributed by atoms with E-state index < -0.39 is 16.1 Å². The molecule has 2 heterocycles. The van der Waals surface area contributed by atoms with Gasteiger partial charge in [-0.15, -0.1) is 11.3 Å². The highest BCUT2D eigenvalue weighted by atomic mass is 32.2. The average molecular weight is 366 g/mol. The predicted octanol–water partition coefficient (Wildman–Crippen LogP) is 3.21. The number of nitrogens with zero attached hydrogens (tertiary/aromatic N) is 1. The maximum atomic E-state index is 12.2. The molecule has 1 amide bonds. The number of benzene rings is 1. The molecule has 0 saturated heterocycles. The maximum absolute atomic E-state index is 12.2. The van der Waals surface area contributed by atoms with E-state index in [1.54, 1.807) is 25.1 Å². The molecule has 1 N–H and O–H groups in total. The molecule has 0 radical (unpaired) electrons. The van der Waals surface area contributed by atoms with Crippen LogP contribution >= 0.6 is 11.3 Å². The zero-order chi connectivity index (χ0) is 17.3. The topological polar surface area (TPSA) is 75.7 Å². The van der Waals surface area contributed by atoms with Gasteiger partial charge < -0.3 is 4.74 Å². The van der Waals surface area contributed by atoms with Gasteiger partial charge in [0.25, 0.3) is 0 Å². The molecule has 1 unspecified atom stereocenters. The van der Waals surface area contributed by atoms with Crippen molar-refractivity contribution in [3.63, 3.8) is 0 Å². The van der Waals surface area contributed by atoms with Crippen molar-refractivity contribution in [1.82, 2.24) is 0 Å². The second-order valence-corrected chi connectivity index (χ2v) is 8.67. The monoisotopic (exact) mass is 366 g/mol. The van der Waals surface area contributed by atoms with E-state index in [4.69, 9.17) is 4.74 Å². The molecule has 0 saturated carbocycles. The Morgan fingerprint density at radius 3 is 2.83 bits per heavy atom. The van der Waals surface area contributed by atoms with E-state index in [1.807, 2.05) is 17.5 Å². The normalized spacial score (nSPS) is 17.4. The molecule has 1 aliphatic heterocycles. The summed E-state index contributed by atoms with van der Waals surface area (Å²) in [6.07, 6.45) is 0.955. The standard InChI is InChI=1S/C16H18N2O4S2/c1-11-8-12-9-13(5-6-15(12)17-16(19)22-11)18(24(2,20)21)10-14-4-3-7-23-14/h3-7,9,11H,8,10H2,1-2H3,(H,17,19). The van der Waals surface area contributed by atoms with Gasteiger partial charge in [-0.2, -0.15) is 0 Å². The Morgan fingerprint density at radius 1 is 1.38 bits per heavy atom. The minimum absolute atomic E-state index is 0.273. The van der Waals surface area contributed by atoms with Crippen molar-refractivity contribution in [1.29, 1.82) is 0 Å². The zero-order valence-corrected chi connectivity index (χ0v) is 15.0. The Balaban J connectivity index is 1.98. The quantitative estimate of drug-likeness (QED) is 0.901. The lowest BCUT2D eigenvalue weighted by atomic mass is 10.1. The molecular weight excluding hydrogens is 348 g/mol.